The van der Waals surface area contributed by atoms with E-state index in [4.69, 9.17) is 14.2 Å². The molecule has 0 radical (unpaired) electrons. The molecule has 2 aromatic carbocycles. The van der Waals surface area contributed by atoms with Crippen molar-refractivity contribution in [3.8, 4) is 0 Å². The fourth-order valence-electron chi connectivity index (χ4n) is 3.67. The molecule has 6 nitrogen and oxygen atoms in total. The second-order valence-electron chi connectivity index (χ2n) is 8.08. The van der Waals surface area contributed by atoms with Crippen molar-refractivity contribution in [2.45, 2.75) is 39.0 Å². The Morgan fingerprint density at radius 3 is 2.42 bits per heavy atom. The monoisotopic (exact) mass is 567 g/mol. The third-order valence-electron chi connectivity index (χ3n) is 5.61. The lowest BCUT2D eigenvalue weighted by atomic mass is 10.0. The molecular weight excluding hydrogens is 529 g/mol. The van der Waals surface area contributed by atoms with Crippen LogP contribution in [0.15, 0.2) is 59.6 Å². The summed E-state index contributed by atoms with van der Waals surface area (Å²) in [7, 11) is 1.80. The van der Waals surface area contributed by atoms with Gasteiger partial charge in [-0.05, 0) is 41.9 Å². The highest BCUT2D eigenvalue weighted by Crippen LogP contribution is 2.14. The first kappa shape index (κ1) is 27.6. The van der Waals surface area contributed by atoms with Gasteiger partial charge in [0.2, 0.25) is 0 Å². The molecule has 182 valence electrons. The van der Waals surface area contributed by atoms with E-state index in [2.05, 4.69) is 52.0 Å². The third-order valence-corrected chi connectivity index (χ3v) is 5.61. The second-order valence-corrected chi connectivity index (χ2v) is 8.08. The minimum Gasteiger partial charge on any atom is -0.381 e. The molecule has 1 saturated heterocycles. The zero-order valence-corrected chi connectivity index (χ0v) is 22.0. The van der Waals surface area contributed by atoms with Crippen molar-refractivity contribution in [1.82, 2.24) is 10.6 Å². The summed E-state index contributed by atoms with van der Waals surface area (Å²) in [6.07, 6.45) is 3.19. The topological polar surface area (TPSA) is 64.1 Å². The molecule has 1 fully saturated rings. The average Bonchev–Trinajstić information content (AvgIpc) is 2.85. The molecule has 0 aromatic heterocycles. The van der Waals surface area contributed by atoms with Crippen molar-refractivity contribution in [2.24, 2.45) is 10.9 Å². The smallest absolute Gasteiger partial charge is 0.191 e. The van der Waals surface area contributed by atoms with Gasteiger partial charge in [-0.25, -0.2) is 0 Å². The van der Waals surface area contributed by atoms with Crippen LogP contribution in [0.1, 0.15) is 36.0 Å². The lowest BCUT2D eigenvalue weighted by molar-refractivity contribution is 0.0203. The van der Waals surface area contributed by atoms with Gasteiger partial charge in [0.05, 0.1) is 13.2 Å². The molecule has 1 aliphatic rings. The van der Waals surface area contributed by atoms with E-state index in [1.807, 2.05) is 18.2 Å². The van der Waals surface area contributed by atoms with Crippen LogP contribution in [0.3, 0.4) is 0 Å². The predicted molar refractivity (Wildman–Crippen MR) is 144 cm³/mol. The fourth-order valence-corrected chi connectivity index (χ4v) is 3.67. The maximum Gasteiger partial charge on any atom is 0.191 e. The van der Waals surface area contributed by atoms with Crippen LogP contribution in [0.5, 0.6) is 0 Å². The summed E-state index contributed by atoms with van der Waals surface area (Å²) in [5.74, 6) is 1.46. The fraction of sp³-hybridized carbons (Fsp3) is 0.500. The van der Waals surface area contributed by atoms with Crippen molar-refractivity contribution in [3.63, 3.8) is 0 Å². The first-order valence-corrected chi connectivity index (χ1v) is 11.6. The Hall–Kier alpha value is -1.68. The Bertz CT molecular complexity index is 798. The van der Waals surface area contributed by atoms with E-state index in [1.165, 1.54) is 16.7 Å². The van der Waals surface area contributed by atoms with Gasteiger partial charge in [0.15, 0.2) is 5.96 Å². The van der Waals surface area contributed by atoms with Crippen LogP contribution in [0, 0.1) is 5.92 Å². The van der Waals surface area contributed by atoms with Gasteiger partial charge in [0.1, 0.15) is 0 Å². The van der Waals surface area contributed by atoms with Gasteiger partial charge in [-0.3, -0.25) is 4.99 Å². The van der Waals surface area contributed by atoms with Crippen molar-refractivity contribution >= 4 is 29.9 Å². The number of halogens is 1. The minimum atomic E-state index is 0. The molecule has 0 spiro atoms. The van der Waals surface area contributed by atoms with Gasteiger partial charge in [-0.15, -0.1) is 24.0 Å². The van der Waals surface area contributed by atoms with Crippen LogP contribution in [0.2, 0.25) is 0 Å². The lowest BCUT2D eigenvalue weighted by Gasteiger charge is -2.21. The van der Waals surface area contributed by atoms with Crippen molar-refractivity contribution in [1.29, 1.82) is 0 Å². The number of hydrogen-bond acceptors (Lipinski definition) is 4. The highest BCUT2D eigenvalue weighted by atomic mass is 127. The summed E-state index contributed by atoms with van der Waals surface area (Å²) in [6, 6.07) is 18.6. The maximum atomic E-state index is 5.93. The van der Waals surface area contributed by atoms with Crippen LogP contribution < -0.4 is 10.6 Å². The number of benzene rings is 2. The molecule has 2 N–H and O–H groups in total. The Labute approximate surface area is 215 Å². The Morgan fingerprint density at radius 1 is 0.939 bits per heavy atom. The summed E-state index contributed by atoms with van der Waals surface area (Å²) in [6.45, 7) is 6.09. The average molecular weight is 568 g/mol. The molecule has 0 unspecified atom stereocenters. The molecule has 33 heavy (non-hydrogen) atoms. The normalized spacial score (nSPS) is 14.5. The summed E-state index contributed by atoms with van der Waals surface area (Å²) in [5.41, 5.74) is 3.58. The van der Waals surface area contributed by atoms with Gasteiger partial charge in [0, 0.05) is 46.6 Å². The SMILES string of the molecule is CN=C(NCCCOCC1CCOCC1)NCc1ccccc1COCc1ccccc1.I. The number of nitrogens with zero attached hydrogens (tertiary/aromatic N) is 1. The molecule has 0 atom stereocenters. The largest absolute Gasteiger partial charge is 0.381 e. The van der Waals surface area contributed by atoms with E-state index < -0.39 is 0 Å². The molecule has 2 aromatic rings. The quantitative estimate of drug-likeness (QED) is 0.171. The highest BCUT2D eigenvalue weighted by Gasteiger charge is 2.13. The van der Waals surface area contributed by atoms with Gasteiger partial charge in [-0.1, -0.05) is 54.6 Å². The van der Waals surface area contributed by atoms with Crippen molar-refractivity contribution < 1.29 is 14.2 Å². The van der Waals surface area contributed by atoms with Crippen LogP contribution in [-0.4, -0.2) is 46.0 Å². The number of rotatable bonds is 12. The van der Waals surface area contributed by atoms with Gasteiger partial charge in [0.25, 0.3) is 0 Å². The number of hydrogen-bond donors (Lipinski definition) is 2. The molecule has 7 heteroatoms. The Balaban J connectivity index is 0.00000385. The predicted octanol–water partition coefficient (Wildman–Crippen LogP) is 4.52. The number of nitrogens with one attached hydrogen (secondary N) is 2. The van der Waals surface area contributed by atoms with E-state index >= 15 is 0 Å². The molecule has 1 heterocycles. The zero-order chi connectivity index (χ0) is 22.3. The molecule has 3 rings (SSSR count). The molecule has 1 aliphatic heterocycles. The van der Waals surface area contributed by atoms with E-state index in [1.54, 1.807) is 7.05 Å². The Morgan fingerprint density at radius 2 is 1.67 bits per heavy atom. The summed E-state index contributed by atoms with van der Waals surface area (Å²) in [5, 5.41) is 6.78. The molecule has 0 bridgehead atoms. The maximum absolute atomic E-state index is 5.93. The summed E-state index contributed by atoms with van der Waals surface area (Å²) < 4.78 is 17.2. The molecule has 0 amide bonds. The van der Waals surface area contributed by atoms with E-state index in [-0.39, 0.29) is 24.0 Å². The Kier molecular flexibility index (Phi) is 14.1. The van der Waals surface area contributed by atoms with Crippen LogP contribution in [-0.2, 0) is 34.0 Å². The van der Waals surface area contributed by atoms with Crippen molar-refractivity contribution in [2.75, 3.05) is 40.0 Å². The van der Waals surface area contributed by atoms with E-state index in [0.29, 0.717) is 25.7 Å². The lowest BCUT2D eigenvalue weighted by Crippen LogP contribution is -2.37. The third kappa shape index (κ3) is 10.9. The summed E-state index contributed by atoms with van der Waals surface area (Å²) in [4.78, 5) is 4.33. The number of ether oxygens (including phenoxy) is 3. The van der Waals surface area contributed by atoms with E-state index in [9.17, 15) is 0 Å². The van der Waals surface area contributed by atoms with Gasteiger partial charge >= 0.3 is 0 Å². The number of aliphatic imine (C=N–C) groups is 1. The summed E-state index contributed by atoms with van der Waals surface area (Å²) >= 11 is 0. The zero-order valence-electron chi connectivity index (χ0n) is 19.6. The van der Waals surface area contributed by atoms with Gasteiger partial charge in [-0.2, -0.15) is 0 Å². The highest BCUT2D eigenvalue weighted by molar-refractivity contribution is 14.0. The molecular formula is C26H38IN3O3. The first-order valence-electron chi connectivity index (χ1n) is 11.6. The van der Waals surface area contributed by atoms with Gasteiger partial charge < -0.3 is 24.8 Å². The first-order chi connectivity index (χ1) is 15.8. The van der Waals surface area contributed by atoms with E-state index in [0.717, 1.165) is 58.2 Å². The van der Waals surface area contributed by atoms with Crippen LogP contribution in [0.25, 0.3) is 0 Å². The number of guanidine groups is 1. The van der Waals surface area contributed by atoms with Crippen LogP contribution in [0.4, 0.5) is 0 Å². The minimum absolute atomic E-state index is 0. The second kappa shape index (κ2) is 16.9. The van der Waals surface area contributed by atoms with Crippen molar-refractivity contribution in [3.05, 3.63) is 71.3 Å². The van der Waals surface area contributed by atoms with Crippen LogP contribution >= 0.6 is 24.0 Å². The molecule has 0 saturated carbocycles. The standard InChI is InChI=1S/C26H37N3O3.HI/c1-27-26(28-14-7-15-31-19-23-12-16-30-17-13-23)29-18-24-10-5-6-11-25(24)21-32-20-22-8-3-2-4-9-22;/h2-6,8-11,23H,7,12-21H2,1H3,(H2,27,28,29);1H. The molecule has 0 aliphatic carbocycles.